The molecule has 7 nitrogen and oxygen atoms in total. The smallest absolute Gasteiger partial charge is 0.243 e. The van der Waals surface area contributed by atoms with Crippen LogP contribution in [0.3, 0.4) is 0 Å². The molecule has 0 unspecified atom stereocenters. The summed E-state index contributed by atoms with van der Waals surface area (Å²) < 4.78 is 27.0. The number of hydrogen-bond donors (Lipinski definition) is 1. The van der Waals surface area contributed by atoms with E-state index < -0.39 is 10.0 Å². The zero-order valence-corrected chi connectivity index (χ0v) is 17.4. The molecule has 3 rings (SSSR count). The zero-order chi connectivity index (χ0) is 21.0. The minimum Gasteiger partial charge on any atom is -0.340 e. The number of sulfonamides is 1. The van der Waals surface area contributed by atoms with Crippen LogP contribution >= 0.6 is 0 Å². The second-order valence-corrected chi connectivity index (χ2v) is 9.09. The van der Waals surface area contributed by atoms with Crippen molar-refractivity contribution in [3.05, 3.63) is 59.7 Å². The summed E-state index contributed by atoms with van der Waals surface area (Å²) in [4.78, 5) is 25.6. The fraction of sp³-hybridized carbons (Fsp3) is 0.333. The first-order valence-corrected chi connectivity index (χ1v) is 10.9. The third kappa shape index (κ3) is 5.21. The molecule has 2 aromatic carbocycles. The Bertz CT molecular complexity index is 978. The zero-order valence-electron chi connectivity index (χ0n) is 16.6. The second kappa shape index (κ2) is 8.75. The van der Waals surface area contributed by atoms with Gasteiger partial charge in [-0.25, -0.2) is 8.42 Å². The van der Waals surface area contributed by atoms with E-state index in [-0.39, 0.29) is 36.2 Å². The molecule has 0 radical (unpaired) electrons. The van der Waals surface area contributed by atoms with E-state index in [0.717, 1.165) is 11.1 Å². The lowest BCUT2D eigenvalue weighted by atomic mass is 10.1. The first-order valence-electron chi connectivity index (χ1n) is 9.47. The van der Waals surface area contributed by atoms with Gasteiger partial charge in [0, 0.05) is 38.8 Å². The van der Waals surface area contributed by atoms with Crippen LogP contribution in [0.1, 0.15) is 18.1 Å². The van der Waals surface area contributed by atoms with E-state index in [9.17, 15) is 18.0 Å². The van der Waals surface area contributed by atoms with Crippen molar-refractivity contribution in [2.24, 2.45) is 0 Å². The van der Waals surface area contributed by atoms with Gasteiger partial charge in [0.25, 0.3) is 0 Å². The maximum absolute atomic E-state index is 12.8. The molecule has 1 saturated heterocycles. The van der Waals surface area contributed by atoms with Gasteiger partial charge in [-0.15, -0.1) is 0 Å². The van der Waals surface area contributed by atoms with Crippen LogP contribution in [0, 0.1) is 6.92 Å². The average molecular weight is 416 g/mol. The molecule has 1 aliphatic rings. The molecule has 8 heteroatoms. The van der Waals surface area contributed by atoms with Crippen molar-refractivity contribution in [3.8, 4) is 0 Å². The van der Waals surface area contributed by atoms with Gasteiger partial charge in [-0.1, -0.05) is 29.8 Å². The summed E-state index contributed by atoms with van der Waals surface area (Å²) in [5.41, 5.74) is 2.53. The Hall–Kier alpha value is -2.71. The summed E-state index contributed by atoms with van der Waals surface area (Å²) >= 11 is 0. The Morgan fingerprint density at radius 2 is 1.52 bits per heavy atom. The van der Waals surface area contributed by atoms with Crippen molar-refractivity contribution >= 4 is 27.5 Å². The largest absolute Gasteiger partial charge is 0.340 e. The first kappa shape index (κ1) is 21.0. The number of piperazine rings is 1. The Morgan fingerprint density at radius 3 is 2.07 bits per heavy atom. The lowest BCUT2D eigenvalue weighted by Gasteiger charge is -2.34. The number of benzene rings is 2. The Kier molecular flexibility index (Phi) is 6.34. The second-order valence-electron chi connectivity index (χ2n) is 7.15. The molecular weight excluding hydrogens is 390 g/mol. The van der Waals surface area contributed by atoms with Crippen molar-refractivity contribution in [1.29, 1.82) is 0 Å². The van der Waals surface area contributed by atoms with Crippen LogP contribution in [0.4, 0.5) is 5.69 Å². The van der Waals surface area contributed by atoms with E-state index in [1.54, 1.807) is 53.4 Å². The summed E-state index contributed by atoms with van der Waals surface area (Å²) in [5, 5.41) is 2.69. The summed E-state index contributed by atoms with van der Waals surface area (Å²) in [6.45, 7) is 4.65. The van der Waals surface area contributed by atoms with Gasteiger partial charge >= 0.3 is 0 Å². The van der Waals surface area contributed by atoms with Crippen LogP contribution in [0.2, 0.25) is 0 Å². The van der Waals surface area contributed by atoms with Crippen molar-refractivity contribution < 1.29 is 18.0 Å². The van der Waals surface area contributed by atoms with E-state index in [4.69, 9.17) is 0 Å². The summed E-state index contributed by atoms with van der Waals surface area (Å²) in [6.07, 6.45) is 0.241. The fourth-order valence-electron chi connectivity index (χ4n) is 3.23. The maximum Gasteiger partial charge on any atom is 0.243 e. The minimum absolute atomic E-state index is 0.0374. The normalized spacial score (nSPS) is 15.2. The number of hydrogen-bond acceptors (Lipinski definition) is 4. The maximum atomic E-state index is 12.8. The number of amides is 2. The van der Waals surface area contributed by atoms with Crippen LogP contribution in [0.15, 0.2) is 53.4 Å². The van der Waals surface area contributed by atoms with E-state index in [0.29, 0.717) is 18.8 Å². The highest BCUT2D eigenvalue weighted by Gasteiger charge is 2.29. The van der Waals surface area contributed by atoms with Gasteiger partial charge in [-0.05, 0) is 36.8 Å². The molecule has 29 heavy (non-hydrogen) atoms. The van der Waals surface area contributed by atoms with Crippen molar-refractivity contribution in [3.63, 3.8) is 0 Å². The Labute approximate surface area is 171 Å². The molecule has 2 amide bonds. The lowest BCUT2D eigenvalue weighted by molar-refractivity contribution is -0.131. The summed E-state index contributed by atoms with van der Waals surface area (Å²) in [7, 11) is -3.54. The molecule has 1 N–H and O–H groups in total. The number of anilines is 1. The monoisotopic (exact) mass is 415 g/mol. The Balaban J connectivity index is 1.56. The highest BCUT2D eigenvalue weighted by Crippen LogP contribution is 2.19. The van der Waals surface area contributed by atoms with Crippen molar-refractivity contribution in [2.45, 2.75) is 25.2 Å². The van der Waals surface area contributed by atoms with E-state index >= 15 is 0 Å². The van der Waals surface area contributed by atoms with Crippen molar-refractivity contribution in [1.82, 2.24) is 9.21 Å². The molecule has 0 aromatic heterocycles. The van der Waals surface area contributed by atoms with Gasteiger partial charge in [-0.2, -0.15) is 4.31 Å². The van der Waals surface area contributed by atoms with Crippen molar-refractivity contribution in [2.75, 3.05) is 31.5 Å². The highest BCUT2D eigenvalue weighted by molar-refractivity contribution is 7.89. The van der Waals surface area contributed by atoms with E-state index in [1.165, 1.54) is 11.2 Å². The van der Waals surface area contributed by atoms with Crippen LogP contribution < -0.4 is 5.32 Å². The molecule has 1 heterocycles. The minimum atomic E-state index is -3.54. The Morgan fingerprint density at radius 1 is 0.931 bits per heavy atom. The standard InChI is InChI=1S/C21H25N3O4S/c1-16-3-9-20(10-4-16)29(27,28)24-13-11-23(12-14-24)21(26)15-18-5-7-19(8-6-18)22-17(2)25/h3-10H,11-15H2,1-2H3,(H,22,25). The lowest BCUT2D eigenvalue weighted by Crippen LogP contribution is -2.50. The van der Waals surface area contributed by atoms with E-state index in [2.05, 4.69) is 5.32 Å². The van der Waals surface area contributed by atoms with E-state index in [1.807, 2.05) is 6.92 Å². The fourth-order valence-corrected chi connectivity index (χ4v) is 4.65. The molecule has 0 spiro atoms. The molecule has 0 saturated carbocycles. The quantitative estimate of drug-likeness (QED) is 0.810. The van der Waals surface area contributed by atoms with Gasteiger partial charge in [0.15, 0.2) is 0 Å². The number of carbonyl (C=O) groups is 2. The third-order valence-electron chi connectivity index (χ3n) is 4.88. The third-order valence-corrected chi connectivity index (χ3v) is 6.79. The van der Waals surface area contributed by atoms with Gasteiger partial charge < -0.3 is 10.2 Å². The van der Waals surface area contributed by atoms with Gasteiger partial charge in [0.1, 0.15) is 0 Å². The van der Waals surface area contributed by atoms with Crippen LogP contribution in [-0.2, 0) is 26.0 Å². The molecule has 0 aliphatic carbocycles. The van der Waals surface area contributed by atoms with Gasteiger partial charge in [0.05, 0.1) is 11.3 Å². The molecule has 1 aliphatic heterocycles. The number of nitrogens with zero attached hydrogens (tertiary/aromatic N) is 2. The molecule has 2 aromatic rings. The SMILES string of the molecule is CC(=O)Nc1ccc(CC(=O)N2CCN(S(=O)(=O)c3ccc(C)cc3)CC2)cc1. The highest BCUT2D eigenvalue weighted by atomic mass is 32.2. The molecule has 154 valence electrons. The summed E-state index contributed by atoms with van der Waals surface area (Å²) in [5.74, 6) is -0.183. The molecular formula is C21H25N3O4S. The topological polar surface area (TPSA) is 86.8 Å². The number of aryl methyl sites for hydroxylation is 1. The summed E-state index contributed by atoms with van der Waals surface area (Å²) in [6, 6.07) is 13.9. The number of rotatable bonds is 5. The molecule has 0 bridgehead atoms. The van der Waals surface area contributed by atoms with Crippen LogP contribution in [0.25, 0.3) is 0 Å². The molecule has 0 atom stereocenters. The number of nitrogens with one attached hydrogen (secondary N) is 1. The van der Waals surface area contributed by atoms with Crippen LogP contribution in [-0.4, -0.2) is 55.6 Å². The predicted molar refractivity (Wildman–Crippen MR) is 111 cm³/mol. The van der Waals surface area contributed by atoms with Gasteiger partial charge in [0.2, 0.25) is 21.8 Å². The average Bonchev–Trinajstić information content (AvgIpc) is 2.69. The van der Waals surface area contributed by atoms with Gasteiger partial charge in [-0.3, -0.25) is 9.59 Å². The molecule has 1 fully saturated rings. The van der Waals surface area contributed by atoms with Crippen LogP contribution in [0.5, 0.6) is 0 Å². The number of carbonyl (C=O) groups excluding carboxylic acids is 2. The predicted octanol–water partition coefficient (Wildman–Crippen LogP) is 2.03. The first-order chi connectivity index (χ1) is 13.8.